The maximum absolute atomic E-state index is 12.0. The summed E-state index contributed by atoms with van der Waals surface area (Å²) in [5, 5.41) is 0.888. The molecule has 2 aromatic heterocycles. The van der Waals surface area contributed by atoms with Crippen molar-refractivity contribution < 1.29 is 13.2 Å². The average molecular weight is 456 g/mol. The number of H-pyrrole nitrogens is 1. The predicted molar refractivity (Wildman–Crippen MR) is 129 cm³/mol. The SMILES string of the molecule is CCc1cccnc1N(C)C1CCN(c2cc3cc(NS(C)(=O)=O)ccc3[nH]2)C(C=O)C1. The van der Waals surface area contributed by atoms with E-state index in [-0.39, 0.29) is 12.1 Å². The zero-order chi connectivity index (χ0) is 22.9. The van der Waals surface area contributed by atoms with Gasteiger partial charge in [0, 0.05) is 42.4 Å². The Bertz CT molecular complexity index is 1220. The van der Waals surface area contributed by atoms with E-state index in [1.54, 1.807) is 12.1 Å². The molecule has 0 bridgehead atoms. The van der Waals surface area contributed by atoms with Gasteiger partial charge in [0.1, 0.15) is 17.9 Å². The van der Waals surface area contributed by atoms with Crippen molar-refractivity contribution in [2.75, 3.05) is 34.4 Å². The molecule has 2 atom stereocenters. The fourth-order valence-electron chi connectivity index (χ4n) is 4.50. The number of carbonyl (C=O) groups is 1. The van der Waals surface area contributed by atoms with E-state index in [1.165, 1.54) is 5.56 Å². The maximum atomic E-state index is 12.0. The number of aryl methyl sites for hydroxylation is 1. The Kier molecular flexibility index (Phi) is 6.10. The van der Waals surface area contributed by atoms with E-state index in [0.29, 0.717) is 12.1 Å². The number of aldehydes is 1. The van der Waals surface area contributed by atoms with E-state index < -0.39 is 10.0 Å². The van der Waals surface area contributed by atoms with Crippen molar-refractivity contribution in [1.29, 1.82) is 0 Å². The minimum Gasteiger partial charge on any atom is -0.356 e. The number of carbonyl (C=O) groups excluding carboxylic acids is 1. The van der Waals surface area contributed by atoms with Gasteiger partial charge in [-0.2, -0.15) is 0 Å². The summed E-state index contributed by atoms with van der Waals surface area (Å²) in [5.74, 6) is 1.84. The second kappa shape index (κ2) is 8.82. The fraction of sp³-hybridized carbons (Fsp3) is 0.391. The number of pyridine rings is 1. The lowest BCUT2D eigenvalue weighted by atomic mass is 9.96. The molecule has 9 heteroatoms. The lowest BCUT2D eigenvalue weighted by Gasteiger charge is -2.41. The van der Waals surface area contributed by atoms with Crippen LogP contribution in [0.5, 0.6) is 0 Å². The number of hydrogen-bond donors (Lipinski definition) is 2. The molecule has 32 heavy (non-hydrogen) atoms. The van der Waals surface area contributed by atoms with Crippen LogP contribution < -0.4 is 14.5 Å². The molecule has 0 aliphatic carbocycles. The van der Waals surface area contributed by atoms with E-state index in [4.69, 9.17) is 0 Å². The predicted octanol–water partition coefficient (Wildman–Crippen LogP) is 3.17. The van der Waals surface area contributed by atoms with E-state index in [0.717, 1.165) is 54.5 Å². The lowest BCUT2D eigenvalue weighted by molar-refractivity contribution is -0.109. The van der Waals surface area contributed by atoms with Crippen molar-refractivity contribution in [2.45, 2.75) is 38.3 Å². The van der Waals surface area contributed by atoms with Gasteiger partial charge < -0.3 is 19.6 Å². The van der Waals surface area contributed by atoms with Gasteiger partial charge >= 0.3 is 0 Å². The van der Waals surface area contributed by atoms with Gasteiger partial charge in [-0.05, 0) is 55.2 Å². The minimum atomic E-state index is -3.34. The molecular formula is C23H29N5O3S. The molecule has 8 nitrogen and oxygen atoms in total. The number of hydrogen-bond acceptors (Lipinski definition) is 6. The molecule has 2 unspecified atom stereocenters. The third-order valence-corrected chi connectivity index (χ3v) is 6.73. The standard InChI is InChI=1S/C23H29N5O3S/c1-4-16-6-5-10-24-23(16)27(2)19-9-11-28(20(14-19)15-29)22-13-17-12-18(26-32(3,30)31)7-8-21(17)25-22/h5-8,10,12-13,15,19-20,25-26H,4,9,11,14H2,1-3H3. The molecule has 4 rings (SSSR count). The molecule has 1 aromatic carbocycles. The number of rotatable bonds is 7. The summed E-state index contributed by atoms with van der Waals surface area (Å²) in [6, 6.07) is 11.3. The van der Waals surface area contributed by atoms with Crippen molar-refractivity contribution in [3.8, 4) is 0 Å². The highest BCUT2D eigenvalue weighted by Gasteiger charge is 2.32. The van der Waals surface area contributed by atoms with E-state index >= 15 is 0 Å². The Balaban J connectivity index is 1.54. The van der Waals surface area contributed by atoms with Gasteiger partial charge in [0.05, 0.1) is 12.3 Å². The molecule has 1 aliphatic heterocycles. The monoisotopic (exact) mass is 455 g/mol. The molecule has 0 amide bonds. The maximum Gasteiger partial charge on any atom is 0.229 e. The van der Waals surface area contributed by atoms with Crippen LogP contribution in [-0.4, -0.2) is 56.6 Å². The molecule has 3 heterocycles. The number of anilines is 3. The summed E-state index contributed by atoms with van der Waals surface area (Å²) < 4.78 is 25.6. The first-order valence-electron chi connectivity index (χ1n) is 10.8. The Morgan fingerprint density at radius 3 is 2.84 bits per heavy atom. The molecular weight excluding hydrogens is 426 g/mol. The molecule has 0 radical (unpaired) electrons. The van der Waals surface area contributed by atoms with Crippen molar-refractivity contribution in [3.05, 3.63) is 48.2 Å². The third-order valence-electron chi connectivity index (χ3n) is 6.12. The Labute approximate surface area is 188 Å². The first kappa shape index (κ1) is 22.1. The van der Waals surface area contributed by atoms with Crippen LogP contribution in [0.3, 0.4) is 0 Å². The largest absolute Gasteiger partial charge is 0.356 e. The normalized spacial score (nSPS) is 19.2. The Morgan fingerprint density at radius 2 is 2.12 bits per heavy atom. The van der Waals surface area contributed by atoms with Crippen LogP contribution in [0.1, 0.15) is 25.3 Å². The van der Waals surface area contributed by atoms with Crippen LogP contribution in [0.2, 0.25) is 0 Å². The second-order valence-electron chi connectivity index (χ2n) is 8.36. The highest BCUT2D eigenvalue weighted by molar-refractivity contribution is 7.92. The van der Waals surface area contributed by atoms with E-state index in [9.17, 15) is 13.2 Å². The van der Waals surface area contributed by atoms with Gasteiger partial charge in [-0.25, -0.2) is 13.4 Å². The molecule has 0 saturated carbocycles. The van der Waals surface area contributed by atoms with Gasteiger partial charge in [0.15, 0.2) is 0 Å². The summed E-state index contributed by atoms with van der Waals surface area (Å²) in [5.41, 5.74) is 2.61. The zero-order valence-corrected chi connectivity index (χ0v) is 19.4. The number of piperidine rings is 1. The summed E-state index contributed by atoms with van der Waals surface area (Å²) in [7, 11) is -1.28. The van der Waals surface area contributed by atoms with Crippen LogP contribution in [0.4, 0.5) is 17.3 Å². The molecule has 2 N–H and O–H groups in total. The van der Waals surface area contributed by atoms with Crippen molar-refractivity contribution in [3.63, 3.8) is 0 Å². The van der Waals surface area contributed by atoms with Gasteiger partial charge in [-0.15, -0.1) is 0 Å². The number of aromatic amines is 1. The first-order chi connectivity index (χ1) is 15.3. The van der Waals surface area contributed by atoms with E-state index in [1.807, 2.05) is 24.4 Å². The Morgan fingerprint density at radius 1 is 1.31 bits per heavy atom. The number of aromatic nitrogens is 2. The summed E-state index contributed by atoms with van der Waals surface area (Å²) in [6.45, 7) is 2.85. The number of nitrogens with zero attached hydrogens (tertiary/aromatic N) is 3. The third kappa shape index (κ3) is 4.57. The van der Waals surface area contributed by atoms with E-state index in [2.05, 4.69) is 44.5 Å². The fourth-order valence-corrected chi connectivity index (χ4v) is 5.06. The van der Waals surface area contributed by atoms with Gasteiger partial charge in [0.2, 0.25) is 10.0 Å². The van der Waals surface area contributed by atoms with Gasteiger partial charge in [-0.3, -0.25) is 4.72 Å². The summed E-state index contributed by atoms with van der Waals surface area (Å²) in [6.07, 6.45) is 6.47. The molecule has 1 saturated heterocycles. The minimum absolute atomic E-state index is 0.219. The summed E-state index contributed by atoms with van der Waals surface area (Å²) >= 11 is 0. The lowest BCUT2D eigenvalue weighted by Crippen LogP contribution is -2.50. The van der Waals surface area contributed by atoms with Crippen LogP contribution in [0.25, 0.3) is 10.9 Å². The van der Waals surface area contributed by atoms with Gasteiger partial charge in [0.25, 0.3) is 0 Å². The second-order valence-corrected chi connectivity index (χ2v) is 10.1. The quantitative estimate of drug-likeness (QED) is 0.531. The Hall–Kier alpha value is -3.07. The summed E-state index contributed by atoms with van der Waals surface area (Å²) in [4.78, 5) is 24.3. The smallest absolute Gasteiger partial charge is 0.229 e. The molecule has 1 aliphatic rings. The van der Waals surface area contributed by atoms with Crippen molar-refractivity contribution >= 4 is 44.5 Å². The molecule has 170 valence electrons. The molecule has 1 fully saturated rings. The topological polar surface area (TPSA) is 98.4 Å². The molecule has 0 spiro atoms. The number of fused-ring (bicyclic) bond motifs is 1. The van der Waals surface area contributed by atoms with Crippen LogP contribution in [0.15, 0.2) is 42.6 Å². The van der Waals surface area contributed by atoms with Crippen molar-refractivity contribution in [1.82, 2.24) is 9.97 Å². The zero-order valence-electron chi connectivity index (χ0n) is 18.6. The number of benzene rings is 1. The van der Waals surface area contributed by atoms with Gasteiger partial charge in [-0.1, -0.05) is 13.0 Å². The van der Waals surface area contributed by atoms with Crippen molar-refractivity contribution in [2.24, 2.45) is 0 Å². The average Bonchev–Trinajstić information content (AvgIpc) is 3.20. The first-order valence-corrected chi connectivity index (χ1v) is 12.7. The molecule has 3 aromatic rings. The van der Waals surface area contributed by atoms with Crippen LogP contribution >= 0.6 is 0 Å². The van der Waals surface area contributed by atoms with Crippen LogP contribution in [-0.2, 0) is 21.2 Å². The van der Waals surface area contributed by atoms with Crippen LogP contribution in [0, 0.1) is 0 Å². The number of nitrogens with one attached hydrogen (secondary N) is 2. The number of sulfonamides is 1. The highest BCUT2D eigenvalue weighted by Crippen LogP contribution is 2.31. The highest BCUT2D eigenvalue weighted by atomic mass is 32.2.